The second-order valence-electron chi connectivity index (χ2n) is 23.4. The van der Waals surface area contributed by atoms with E-state index in [2.05, 4.69) is 233 Å². The second kappa shape index (κ2) is 22.0. The molecule has 92 heavy (non-hydrogen) atoms. The lowest BCUT2D eigenvalue weighted by atomic mass is 9.33. The van der Waals surface area contributed by atoms with Crippen molar-refractivity contribution in [2.45, 2.75) is 6.18 Å². The van der Waals surface area contributed by atoms with Gasteiger partial charge in [-0.15, -0.1) is 0 Å². The molecule has 0 spiro atoms. The average molecular weight is 1190 g/mol. The summed E-state index contributed by atoms with van der Waals surface area (Å²) in [5, 5.41) is 1.83. The first kappa shape index (κ1) is 54.3. The zero-order valence-corrected chi connectivity index (χ0v) is 49.4. The summed E-state index contributed by atoms with van der Waals surface area (Å²) in [7, 11) is 0. The summed E-state index contributed by atoms with van der Waals surface area (Å²) >= 11 is 0. The zero-order chi connectivity index (χ0) is 61.4. The topological polar surface area (TPSA) is 50.1 Å². The first-order chi connectivity index (χ1) is 45.3. The lowest BCUT2D eigenvalue weighted by Crippen LogP contribution is -2.61. The highest BCUT2D eigenvalue weighted by molar-refractivity contribution is 7.00. The van der Waals surface area contributed by atoms with Crippen LogP contribution in [-0.4, -0.2) is 26.2 Å². The number of nitrogens with zero attached hydrogens (tertiary/aromatic N) is 6. The Morgan fingerprint density at radius 2 is 0.685 bits per heavy atom. The fourth-order valence-electron chi connectivity index (χ4n) is 13.8. The number of aromatic nitrogens is 4. The first-order valence-electron chi connectivity index (χ1n) is 30.8. The SMILES string of the molecule is FC(F)(F)c1ccc(-n2c3ccc(-c4cc5c6c(c4)N(c4ccccc4)c4ccc(-c7ccccc7)cc4B6c4cc(-c6ccccc6)ccc4N5c4ccccc4)cc3c3ccc(-c4ccccc4)cc32)c(-c2nc(-c3ccccc3)nc(-c3ccccc3)n2)c1. The third-order valence-corrected chi connectivity index (χ3v) is 18.0. The largest absolute Gasteiger partial charge is 0.416 e. The van der Waals surface area contributed by atoms with Crippen LogP contribution in [0.4, 0.5) is 47.3 Å². The van der Waals surface area contributed by atoms with Gasteiger partial charge in [0, 0.05) is 61.6 Å². The maximum Gasteiger partial charge on any atom is 0.416 e. The summed E-state index contributed by atoms with van der Waals surface area (Å²) < 4.78 is 47.9. The van der Waals surface area contributed by atoms with Crippen LogP contribution in [0.25, 0.3) is 106 Å². The summed E-state index contributed by atoms with van der Waals surface area (Å²) in [6.45, 7) is -0.180. The van der Waals surface area contributed by atoms with Gasteiger partial charge in [0.15, 0.2) is 17.5 Å². The average Bonchev–Trinajstić information content (AvgIpc) is 0.780. The van der Waals surface area contributed by atoms with Gasteiger partial charge in [-0.05, 0) is 146 Å². The van der Waals surface area contributed by atoms with E-state index in [4.69, 9.17) is 15.0 Å². The molecule has 0 amide bonds. The van der Waals surface area contributed by atoms with E-state index in [0.717, 1.165) is 107 Å². The number of benzene rings is 13. The molecule has 0 bridgehead atoms. The minimum Gasteiger partial charge on any atom is -0.311 e. The molecular weight excluding hydrogens is 1140 g/mol. The van der Waals surface area contributed by atoms with Gasteiger partial charge in [0.2, 0.25) is 0 Å². The Hall–Kier alpha value is -11.9. The lowest BCUT2D eigenvalue weighted by molar-refractivity contribution is -0.137. The van der Waals surface area contributed by atoms with Gasteiger partial charge in [0.05, 0.1) is 22.3 Å². The van der Waals surface area contributed by atoms with E-state index < -0.39 is 11.7 Å². The van der Waals surface area contributed by atoms with Crippen molar-refractivity contribution in [1.82, 2.24) is 19.5 Å². The predicted molar refractivity (Wildman–Crippen MR) is 371 cm³/mol. The monoisotopic (exact) mass is 1190 g/mol. The van der Waals surface area contributed by atoms with E-state index >= 15 is 13.2 Å². The molecule has 15 aromatic rings. The molecule has 0 saturated heterocycles. The van der Waals surface area contributed by atoms with Gasteiger partial charge < -0.3 is 14.4 Å². The fraction of sp³-hybridized carbons (Fsp3) is 0.0122. The van der Waals surface area contributed by atoms with Crippen LogP contribution in [-0.2, 0) is 6.18 Å². The number of halogens is 3. The summed E-state index contributed by atoms with van der Waals surface area (Å²) in [5.74, 6) is 0.778. The Balaban J connectivity index is 0.927. The molecule has 0 unspecified atom stereocenters. The van der Waals surface area contributed by atoms with Crippen molar-refractivity contribution >= 4 is 79.0 Å². The number of rotatable bonds is 10. The Bertz CT molecular complexity index is 5110. The Labute approximate surface area is 530 Å². The molecule has 2 aliphatic rings. The molecule has 0 fully saturated rings. The van der Waals surface area contributed by atoms with Crippen molar-refractivity contribution in [2.24, 2.45) is 0 Å². The van der Waals surface area contributed by atoms with E-state index in [9.17, 15) is 0 Å². The van der Waals surface area contributed by atoms with Crippen LogP contribution >= 0.6 is 0 Å². The minimum atomic E-state index is -4.68. The first-order valence-corrected chi connectivity index (χ1v) is 30.8. The molecule has 0 radical (unpaired) electrons. The van der Waals surface area contributed by atoms with E-state index in [1.807, 2.05) is 78.9 Å². The van der Waals surface area contributed by atoms with Crippen LogP contribution in [0.15, 0.2) is 315 Å². The third-order valence-electron chi connectivity index (χ3n) is 18.0. The Kier molecular flexibility index (Phi) is 13.0. The smallest absolute Gasteiger partial charge is 0.311 e. The van der Waals surface area contributed by atoms with Crippen LogP contribution in [0.5, 0.6) is 0 Å². The van der Waals surface area contributed by atoms with E-state index in [1.165, 1.54) is 22.5 Å². The molecule has 10 heteroatoms. The number of hydrogen-bond donors (Lipinski definition) is 0. The molecule has 2 aromatic heterocycles. The molecule has 13 aromatic carbocycles. The summed E-state index contributed by atoms with van der Waals surface area (Å²) in [6, 6.07) is 107. The summed E-state index contributed by atoms with van der Waals surface area (Å²) in [6.07, 6.45) is -4.68. The van der Waals surface area contributed by atoms with Crippen LogP contribution < -0.4 is 26.2 Å². The molecule has 0 saturated carbocycles. The lowest BCUT2D eigenvalue weighted by Gasteiger charge is -2.44. The van der Waals surface area contributed by atoms with Gasteiger partial charge in [-0.3, -0.25) is 0 Å². The number of anilines is 6. The molecule has 0 aliphatic carbocycles. The second-order valence-corrected chi connectivity index (χ2v) is 23.4. The summed E-state index contributed by atoms with van der Waals surface area (Å²) in [4.78, 5) is 19.9. The van der Waals surface area contributed by atoms with Gasteiger partial charge >= 0.3 is 6.18 Å². The molecule has 434 valence electrons. The number of alkyl halides is 3. The fourth-order valence-corrected chi connectivity index (χ4v) is 13.8. The van der Waals surface area contributed by atoms with E-state index in [-0.39, 0.29) is 18.1 Å². The van der Waals surface area contributed by atoms with Gasteiger partial charge in [-0.2, -0.15) is 13.2 Å². The normalized spacial score (nSPS) is 12.4. The number of fused-ring (bicyclic) bond motifs is 7. The quantitative estimate of drug-likeness (QED) is 0.128. The minimum absolute atomic E-state index is 0.104. The van der Waals surface area contributed by atoms with Crippen molar-refractivity contribution in [3.63, 3.8) is 0 Å². The molecule has 17 rings (SSSR count). The third kappa shape index (κ3) is 9.33. The van der Waals surface area contributed by atoms with E-state index in [0.29, 0.717) is 28.5 Å². The van der Waals surface area contributed by atoms with Crippen LogP contribution in [0, 0.1) is 0 Å². The van der Waals surface area contributed by atoms with Crippen molar-refractivity contribution in [3.05, 3.63) is 321 Å². The van der Waals surface area contributed by atoms with Crippen LogP contribution in [0.2, 0.25) is 0 Å². The van der Waals surface area contributed by atoms with Gasteiger partial charge in [0.1, 0.15) is 0 Å². The highest BCUT2D eigenvalue weighted by Gasteiger charge is 2.44. The number of hydrogen-bond acceptors (Lipinski definition) is 5. The van der Waals surface area contributed by atoms with Gasteiger partial charge in [-0.25, -0.2) is 15.0 Å². The van der Waals surface area contributed by atoms with Crippen LogP contribution in [0.1, 0.15) is 5.56 Å². The molecular formula is C82H52BF3N6. The standard InChI is InChI=1S/C82H52BF3N6/c84-82(85,86)63-40-45-72(68(52-63)81-88-79(56-28-14-4-15-29-56)87-80(89-81)57-30-16-5-17-31-57)92-71-42-37-58(46-67(71)66-41-36-61(49-75(66)92)55-26-12-3-13-27-55)62-50-76-78-77(51-62)91(65-34-20-7-21-35-65)74-44-39-60(54-24-10-2-11-25-54)48-70(74)83(78)69-47-59(53-22-8-1-9-23-53)38-43-73(69)90(76)64-32-18-6-19-33-64/h1-52H. The Morgan fingerprint density at radius 3 is 1.16 bits per heavy atom. The van der Waals surface area contributed by atoms with Gasteiger partial charge in [-0.1, -0.05) is 231 Å². The number of para-hydroxylation sites is 2. The maximum absolute atomic E-state index is 15.3. The highest BCUT2D eigenvalue weighted by Crippen LogP contribution is 2.49. The van der Waals surface area contributed by atoms with Gasteiger partial charge in [0.25, 0.3) is 6.71 Å². The summed E-state index contributed by atoms with van der Waals surface area (Å²) in [5.41, 5.74) is 21.2. The van der Waals surface area contributed by atoms with Crippen molar-refractivity contribution < 1.29 is 13.2 Å². The predicted octanol–water partition coefficient (Wildman–Crippen LogP) is 19.7. The van der Waals surface area contributed by atoms with Crippen LogP contribution in [0.3, 0.4) is 0 Å². The highest BCUT2D eigenvalue weighted by atomic mass is 19.4. The van der Waals surface area contributed by atoms with Crippen molar-refractivity contribution in [1.29, 1.82) is 0 Å². The Morgan fingerprint density at radius 1 is 0.283 bits per heavy atom. The maximum atomic E-state index is 15.3. The molecule has 0 atom stereocenters. The molecule has 4 heterocycles. The molecule has 2 aliphatic heterocycles. The molecule has 0 N–H and O–H groups in total. The zero-order valence-electron chi connectivity index (χ0n) is 49.4. The van der Waals surface area contributed by atoms with Crippen molar-refractivity contribution in [2.75, 3.05) is 9.80 Å². The van der Waals surface area contributed by atoms with Crippen molar-refractivity contribution in [3.8, 4) is 84.4 Å². The van der Waals surface area contributed by atoms with E-state index in [1.54, 1.807) is 6.07 Å². The molecule has 6 nitrogen and oxygen atoms in total.